The number of esters is 2. The molecule has 3 aromatic carbocycles. The SMILES string of the molecule is COC(=O)/C=C/C(=O)OC.Cc1ccc2ccc3ccc(C)nc3c2n1.[Pt].[Se]c1ccccc1.[Se]c1ccccc1. The number of nitrogens with zero attached hydrogens (tertiary/aromatic N) is 2. The summed E-state index contributed by atoms with van der Waals surface area (Å²) in [5.41, 5.74) is 4.06. The number of hydrogen-bond donors (Lipinski definition) is 0. The molecule has 2 radical (unpaired) electrons. The van der Waals surface area contributed by atoms with Gasteiger partial charge in [-0.15, -0.1) is 0 Å². The molecule has 2 aromatic heterocycles. The van der Waals surface area contributed by atoms with E-state index in [4.69, 9.17) is 0 Å². The zero-order valence-corrected chi connectivity index (χ0v) is 28.8. The Bertz CT molecular complexity index is 1430. The Kier molecular flexibility index (Phi) is 17.4. The third-order valence-corrected chi connectivity index (χ3v) is 6.18. The fourth-order valence-corrected chi connectivity index (χ4v) is 3.74. The van der Waals surface area contributed by atoms with Crippen molar-refractivity contribution in [2.75, 3.05) is 14.2 Å². The van der Waals surface area contributed by atoms with Gasteiger partial charge in [0.15, 0.2) is 0 Å². The quantitative estimate of drug-likeness (QED) is 0.115. The third kappa shape index (κ3) is 13.9. The number of methoxy groups -OCH3 is 2. The maximum absolute atomic E-state index is 10.3. The Morgan fingerprint density at radius 1 is 0.585 bits per heavy atom. The summed E-state index contributed by atoms with van der Waals surface area (Å²) in [5.74, 6) is -1.16. The number of benzene rings is 3. The van der Waals surface area contributed by atoms with Gasteiger partial charge in [0, 0.05) is 55.4 Å². The molecular formula is C32H30N2O4PtSe2. The molecule has 0 aliphatic carbocycles. The summed E-state index contributed by atoms with van der Waals surface area (Å²) in [7, 11) is 2.45. The van der Waals surface area contributed by atoms with Crippen molar-refractivity contribution >= 4 is 74.7 Å². The Morgan fingerprint density at radius 3 is 1.17 bits per heavy atom. The first-order valence-corrected chi connectivity index (χ1v) is 13.9. The van der Waals surface area contributed by atoms with Crippen molar-refractivity contribution in [1.82, 2.24) is 9.97 Å². The molecule has 5 aromatic rings. The molecule has 0 fully saturated rings. The summed E-state index contributed by atoms with van der Waals surface area (Å²) in [6, 6.07) is 32.6. The van der Waals surface area contributed by atoms with Crippen LogP contribution in [0.4, 0.5) is 0 Å². The molecule has 6 nitrogen and oxygen atoms in total. The maximum atomic E-state index is 10.3. The molecule has 0 unspecified atom stereocenters. The molecule has 9 heteroatoms. The van der Waals surface area contributed by atoms with E-state index < -0.39 is 11.9 Å². The number of hydrogen-bond acceptors (Lipinski definition) is 6. The van der Waals surface area contributed by atoms with Gasteiger partial charge in [0.2, 0.25) is 0 Å². The second kappa shape index (κ2) is 19.9. The van der Waals surface area contributed by atoms with Crippen LogP contribution in [0, 0.1) is 13.8 Å². The molecule has 2 heterocycles. The minimum atomic E-state index is -0.578. The standard InChI is InChI=1S/C14H12N2.C6H8O4.2C6H5Se.Pt/c1-9-3-5-11-7-8-12-6-4-10(2)16-14(12)13(11)15-9;1-9-5(7)3-4-6(8)10-2;2*7-6-4-2-1-3-5-6;/h3-8H,1-2H3;3-4H,1-2H3;2*1-5H;/b;4-3+;;;. The molecule has 0 saturated heterocycles. The summed E-state index contributed by atoms with van der Waals surface area (Å²) in [6.45, 7) is 4.02. The van der Waals surface area contributed by atoms with E-state index >= 15 is 0 Å². The molecule has 0 spiro atoms. The molecule has 0 aliphatic heterocycles. The van der Waals surface area contributed by atoms with Gasteiger partial charge >= 0.3 is 114 Å². The monoisotopic (exact) mass is 861 g/mol. The number of aromatic nitrogens is 2. The van der Waals surface area contributed by atoms with Crippen molar-refractivity contribution in [2.45, 2.75) is 13.8 Å². The number of fused-ring (bicyclic) bond motifs is 3. The topological polar surface area (TPSA) is 78.4 Å². The minimum absolute atomic E-state index is 0. The van der Waals surface area contributed by atoms with Crippen LogP contribution in [-0.2, 0) is 40.1 Å². The molecule has 5 rings (SSSR count). The number of pyridine rings is 2. The molecule has 0 bridgehead atoms. The van der Waals surface area contributed by atoms with Crippen LogP contribution in [0.15, 0.2) is 109 Å². The van der Waals surface area contributed by atoms with Gasteiger partial charge in [0.25, 0.3) is 0 Å². The van der Waals surface area contributed by atoms with Crippen LogP contribution in [0.2, 0.25) is 0 Å². The first kappa shape index (κ1) is 35.9. The van der Waals surface area contributed by atoms with Crippen LogP contribution in [0.3, 0.4) is 0 Å². The van der Waals surface area contributed by atoms with Gasteiger partial charge in [-0.05, 0) is 26.0 Å². The fraction of sp³-hybridized carbons (Fsp3) is 0.125. The van der Waals surface area contributed by atoms with Crippen molar-refractivity contribution in [3.05, 3.63) is 121 Å². The van der Waals surface area contributed by atoms with Crippen LogP contribution >= 0.6 is 0 Å². The van der Waals surface area contributed by atoms with Crippen LogP contribution in [-0.4, -0.2) is 68.2 Å². The van der Waals surface area contributed by atoms with Crippen LogP contribution < -0.4 is 8.92 Å². The Morgan fingerprint density at radius 2 is 0.902 bits per heavy atom. The predicted molar refractivity (Wildman–Crippen MR) is 163 cm³/mol. The van der Waals surface area contributed by atoms with E-state index in [0.717, 1.165) is 45.3 Å². The molecule has 0 N–H and O–H groups in total. The van der Waals surface area contributed by atoms with Gasteiger partial charge in [-0.25, -0.2) is 9.59 Å². The zero-order chi connectivity index (χ0) is 29.3. The second-order valence-corrected chi connectivity index (χ2v) is 10.1. The average molecular weight is 860 g/mol. The van der Waals surface area contributed by atoms with Crippen molar-refractivity contribution in [2.24, 2.45) is 0 Å². The number of carbonyl (C=O) groups excluding carboxylic acids is 2. The van der Waals surface area contributed by atoms with Crippen molar-refractivity contribution in [3.8, 4) is 0 Å². The molecule has 0 atom stereocenters. The van der Waals surface area contributed by atoms with Gasteiger partial charge < -0.3 is 9.47 Å². The molecule has 41 heavy (non-hydrogen) atoms. The number of carbonyl (C=O) groups is 2. The van der Waals surface area contributed by atoms with Gasteiger partial charge in [0.1, 0.15) is 0 Å². The van der Waals surface area contributed by atoms with E-state index in [-0.39, 0.29) is 21.1 Å². The van der Waals surface area contributed by atoms with Crippen molar-refractivity contribution < 1.29 is 40.1 Å². The predicted octanol–water partition coefficient (Wildman–Crippen LogP) is 4.25. The first-order chi connectivity index (χ1) is 19.2. The van der Waals surface area contributed by atoms with Gasteiger partial charge in [-0.2, -0.15) is 0 Å². The van der Waals surface area contributed by atoms with Gasteiger partial charge in [-0.3, -0.25) is 9.97 Å². The van der Waals surface area contributed by atoms with Crippen molar-refractivity contribution in [3.63, 3.8) is 0 Å². The normalized spacial score (nSPS) is 9.56. The molecule has 0 aliphatic rings. The number of ether oxygens (including phenoxy) is 2. The summed E-state index contributed by atoms with van der Waals surface area (Å²) >= 11 is 5.80. The number of rotatable bonds is 2. The Labute approximate surface area is 271 Å². The zero-order valence-electron chi connectivity index (χ0n) is 23.1. The van der Waals surface area contributed by atoms with Crippen LogP contribution in [0.1, 0.15) is 11.4 Å². The molecule has 214 valence electrons. The Hall–Kier alpha value is -3.11. The van der Waals surface area contributed by atoms with Gasteiger partial charge in [-0.1, -0.05) is 24.3 Å². The summed E-state index contributed by atoms with van der Waals surface area (Å²) in [5, 5.41) is 2.30. The van der Waals surface area contributed by atoms with E-state index in [2.05, 4.69) is 75.7 Å². The average Bonchev–Trinajstić information content (AvgIpc) is 2.97. The summed E-state index contributed by atoms with van der Waals surface area (Å²) in [4.78, 5) is 29.8. The number of aryl methyl sites for hydroxylation is 2. The van der Waals surface area contributed by atoms with Crippen molar-refractivity contribution in [1.29, 1.82) is 0 Å². The van der Waals surface area contributed by atoms with E-state index in [9.17, 15) is 9.59 Å². The Balaban J connectivity index is 0.000000292. The first-order valence-electron chi connectivity index (χ1n) is 12.1. The molecule has 0 amide bonds. The second-order valence-electron chi connectivity index (χ2n) is 8.12. The fourth-order valence-electron chi connectivity index (χ4n) is 3.08. The van der Waals surface area contributed by atoms with Gasteiger partial charge in [0.05, 0.1) is 25.3 Å². The summed E-state index contributed by atoms with van der Waals surface area (Å²) in [6.07, 6.45) is 1.98. The van der Waals surface area contributed by atoms with Crippen LogP contribution in [0.25, 0.3) is 21.8 Å². The van der Waals surface area contributed by atoms with E-state index in [1.165, 1.54) is 23.1 Å². The van der Waals surface area contributed by atoms with E-state index in [0.29, 0.717) is 0 Å². The van der Waals surface area contributed by atoms with E-state index in [1.54, 1.807) is 0 Å². The van der Waals surface area contributed by atoms with Crippen LogP contribution in [0.5, 0.6) is 0 Å². The van der Waals surface area contributed by atoms with E-state index in [1.807, 2.05) is 86.6 Å². The summed E-state index contributed by atoms with van der Waals surface area (Å²) < 4.78 is 10.8. The third-order valence-electron chi connectivity index (χ3n) is 5.04. The molecular weight excluding hydrogens is 829 g/mol. The molecule has 0 saturated carbocycles.